The number of benzene rings is 2. The SMILES string of the molecule is OCC(Cc1cc(Cl)ccc1F)c1ccccc1F. The summed E-state index contributed by atoms with van der Waals surface area (Å²) in [5.74, 6) is -1.29. The van der Waals surface area contributed by atoms with E-state index in [1.807, 2.05) is 0 Å². The highest BCUT2D eigenvalue weighted by atomic mass is 35.5. The van der Waals surface area contributed by atoms with Gasteiger partial charge in [0.1, 0.15) is 11.6 Å². The van der Waals surface area contributed by atoms with Crippen molar-refractivity contribution in [1.82, 2.24) is 0 Å². The van der Waals surface area contributed by atoms with Gasteiger partial charge < -0.3 is 5.11 Å². The van der Waals surface area contributed by atoms with Crippen LogP contribution in [0.5, 0.6) is 0 Å². The van der Waals surface area contributed by atoms with Crippen LogP contribution in [-0.4, -0.2) is 11.7 Å². The first-order valence-corrected chi connectivity index (χ1v) is 6.29. The normalized spacial score (nSPS) is 12.4. The van der Waals surface area contributed by atoms with Gasteiger partial charge in [-0.15, -0.1) is 0 Å². The van der Waals surface area contributed by atoms with Crippen molar-refractivity contribution in [2.45, 2.75) is 12.3 Å². The van der Waals surface area contributed by atoms with Crippen LogP contribution in [-0.2, 0) is 6.42 Å². The van der Waals surface area contributed by atoms with Crippen LogP contribution in [0.15, 0.2) is 42.5 Å². The number of halogens is 3. The molecule has 0 aliphatic heterocycles. The summed E-state index contributed by atoms with van der Waals surface area (Å²) in [6, 6.07) is 10.4. The largest absolute Gasteiger partial charge is 0.396 e. The van der Waals surface area contributed by atoms with Crippen molar-refractivity contribution in [3.8, 4) is 0 Å². The van der Waals surface area contributed by atoms with Crippen LogP contribution in [0.4, 0.5) is 8.78 Å². The third-order valence-electron chi connectivity index (χ3n) is 3.04. The molecule has 1 atom stereocenters. The molecular weight excluding hydrogens is 270 g/mol. The van der Waals surface area contributed by atoms with E-state index in [2.05, 4.69) is 0 Å². The molecule has 1 nitrogen and oxygen atoms in total. The molecule has 0 bridgehead atoms. The first-order valence-electron chi connectivity index (χ1n) is 5.91. The molecule has 1 unspecified atom stereocenters. The lowest BCUT2D eigenvalue weighted by Gasteiger charge is -2.16. The first-order chi connectivity index (χ1) is 9.11. The van der Waals surface area contributed by atoms with Crippen LogP contribution in [0.3, 0.4) is 0 Å². The zero-order valence-electron chi connectivity index (χ0n) is 10.1. The average molecular weight is 283 g/mol. The van der Waals surface area contributed by atoms with E-state index in [0.717, 1.165) is 0 Å². The first kappa shape index (κ1) is 14.0. The Hall–Kier alpha value is -1.45. The molecule has 100 valence electrons. The number of hydrogen-bond donors (Lipinski definition) is 1. The fraction of sp³-hybridized carbons (Fsp3) is 0.200. The van der Waals surface area contributed by atoms with E-state index in [0.29, 0.717) is 16.1 Å². The predicted molar refractivity (Wildman–Crippen MR) is 71.3 cm³/mol. The maximum atomic E-state index is 13.7. The molecule has 0 saturated heterocycles. The molecule has 1 N–H and O–H groups in total. The van der Waals surface area contributed by atoms with Gasteiger partial charge >= 0.3 is 0 Å². The summed E-state index contributed by atoms with van der Waals surface area (Å²) in [6.07, 6.45) is 0.198. The molecule has 0 radical (unpaired) electrons. The molecule has 0 heterocycles. The zero-order valence-corrected chi connectivity index (χ0v) is 10.9. The molecule has 2 rings (SSSR count). The Morgan fingerprint density at radius 3 is 2.47 bits per heavy atom. The van der Waals surface area contributed by atoms with E-state index in [1.54, 1.807) is 18.2 Å². The monoisotopic (exact) mass is 282 g/mol. The maximum Gasteiger partial charge on any atom is 0.126 e. The van der Waals surface area contributed by atoms with Gasteiger partial charge in [-0.3, -0.25) is 0 Å². The Morgan fingerprint density at radius 2 is 1.79 bits per heavy atom. The van der Waals surface area contributed by atoms with Crippen LogP contribution in [0.1, 0.15) is 17.0 Å². The van der Waals surface area contributed by atoms with Crippen LogP contribution in [0.25, 0.3) is 0 Å². The van der Waals surface area contributed by atoms with E-state index < -0.39 is 17.6 Å². The van der Waals surface area contributed by atoms with Crippen LogP contribution in [0.2, 0.25) is 5.02 Å². The second kappa shape index (κ2) is 6.13. The smallest absolute Gasteiger partial charge is 0.126 e. The van der Waals surface area contributed by atoms with Gasteiger partial charge in [-0.1, -0.05) is 29.8 Å². The molecule has 0 amide bonds. The van der Waals surface area contributed by atoms with Crippen molar-refractivity contribution < 1.29 is 13.9 Å². The van der Waals surface area contributed by atoms with Gasteiger partial charge in [-0.05, 0) is 41.8 Å². The van der Waals surface area contributed by atoms with E-state index in [4.69, 9.17) is 11.6 Å². The quantitative estimate of drug-likeness (QED) is 0.901. The van der Waals surface area contributed by atoms with Gasteiger partial charge in [0.15, 0.2) is 0 Å². The average Bonchev–Trinajstić information content (AvgIpc) is 2.41. The number of hydrogen-bond acceptors (Lipinski definition) is 1. The molecule has 0 aromatic heterocycles. The summed E-state index contributed by atoms with van der Waals surface area (Å²) in [5, 5.41) is 9.82. The van der Waals surface area contributed by atoms with Crippen molar-refractivity contribution in [2.75, 3.05) is 6.61 Å². The molecule has 2 aromatic rings. The van der Waals surface area contributed by atoms with Crippen molar-refractivity contribution >= 4 is 11.6 Å². The lowest BCUT2D eigenvalue weighted by molar-refractivity contribution is 0.261. The van der Waals surface area contributed by atoms with Gasteiger partial charge in [-0.25, -0.2) is 8.78 Å². The van der Waals surface area contributed by atoms with E-state index >= 15 is 0 Å². The van der Waals surface area contributed by atoms with Gasteiger partial charge in [0, 0.05) is 10.9 Å². The molecule has 0 spiro atoms. The molecular formula is C15H13ClF2O. The second-order valence-electron chi connectivity index (χ2n) is 4.34. The highest BCUT2D eigenvalue weighted by Gasteiger charge is 2.17. The van der Waals surface area contributed by atoms with E-state index in [9.17, 15) is 13.9 Å². The molecule has 0 fully saturated rings. The van der Waals surface area contributed by atoms with Crippen LogP contribution < -0.4 is 0 Å². The molecule has 19 heavy (non-hydrogen) atoms. The highest BCUT2D eigenvalue weighted by Crippen LogP contribution is 2.25. The molecule has 0 saturated carbocycles. The molecule has 4 heteroatoms. The van der Waals surface area contributed by atoms with Crippen molar-refractivity contribution in [3.63, 3.8) is 0 Å². The molecule has 0 aliphatic carbocycles. The minimum Gasteiger partial charge on any atom is -0.396 e. The van der Waals surface area contributed by atoms with Crippen molar-refractivity contribution in [2.24, 2.45) is 0 Å². The van der Waals surface area contributed by atoms with Crippen LogP contribution >= 0.6 is 11.6 Å². The Bertz CT molecular complexity index is 572. The molecule has 0 aliphatic rings. The zero-order chi connectivity index (χ0) is 13.8. The third-order valence-corrected chi connectivity index (χ3v) is 3.27. The summed E-state index contributed by atoms with van der Waals surface area (Å²) in [4.78, 5) is 0. The Balaban J connectivity index is 2.29. The maximum absolute atomic E-state index is 13.7. The Morgan fingerprint density at radius 1 is 1.05 bits per heavy atom. The fourth-order valence-corrected chi connectivity index (χ4v) is 2.24. The van der Waals surface area contributed by atoms with Crippen LogP contribution in [0, 0.1) is 11.6 Å². The summed E-state index contributed by atoms with van der Waals surface area (Å²) < 4.78 is 27.3. The van der Waals surface area contributed by atoms with Gasteiger partial charge in [0.25, 0.3) is 0 Å². The van der Waals surface area contributed by atoms with Gasteiger partial charge in [0.2, 0.25) is 0 Å². The summed E-state index contributed by atoms with van der Waals surface area (Å²) in [7, 11) is 0. The number of aliphatic hydroxyl groups excluding tert-OH is 1. The standard InChI is InChI=1S/C15H13ClF2O/c16-12-5-6-14(17)10(8-12)7-11(9-19)13-3-1-2-4-15(13)18/h1-6,8,11,19H,7,9H2. The fourth-order valence-electron chi connectivity index (χ4n) is 2.04. The highest BCUT2D eigenvalue weighted by molar-refractivity contribution is 6.30. The van der Waals surface area contributed by atoms with Crippen molar-refractivity contribution in [1.29, 1.82) is 0 Å². The second-order valence-corrected chi connectivity index (χ2v) is 4.78. The van der Waals surface area contributed by atoms with E-state index in [-0.39, 0.29) is 13.0 Å². The number of aliphatic hydroxyl groups is 1. The van der Waals surface area contributed by atoms with E-state index in [1.165, 1.54) is 24.3 Å². The predicted octanol–water partition coefficient (Wildman–Crippen LogP) is 3.94. The molecule has 2 aromatic carbocycles. The minimum atomic E-state index is -0.492. The number of rotatable bonds is 4. The topological polar surface area (TPSA) is 20.2 Å². The summed E-state index contributed by atoms with van der Waals surface area (Å²) in [5.41, 5.74) is 0.749. The van der Waals surface area contributed by atoms with Crippen molar-refractivity contribution in [3.05, 3.63) is 70.2 Å². The summed E-state index contributed by atoms with van der Waals surface area (Å²) in [6.45, 7) is -0.257. The Kier molecular flexibility index (Phi) is 4.51. The lowest BCUT2D eigenvalue weighted by atomic mass is 9.92. The van der Waals surface area contributed by atoms with Gasteiger partial charge in [0.05, 0.1) is 6.61 Å². The minimum absolute atomic E-state index is 0.198. The lowest BCUT2D eigenvalue weighted by Crippen LogP contribution is -2.10. The summed E-state index contributed by atoms with van der Waals surface area (Å²) >= 11 is 5.82. The van der Waals surface area contributed by atoms with Gasteiger partial charge in [-0.2, -0.15) is 0 Å². The third kappa shape index (κ3) is 3.31. The Labute approximate surface area is 115 Å².